The number of carbonyl (C=O) groups is 1. The lowest BCUT2D eigenvalue weighted by atomic mass is 9.75. The molecule has 0 spiro atoms. The zero-order valence-electron chi connectivity index (χ0n) is 12.9. The molecule has 2 N–H and O–H groups in total. The number of imidazole rings is 1. The summed E-state index contributed by atoms with van der Waals surface area (Å²) in [6, 6.07) is 0.328. The lowest BCUT2D eigenvalue weighted by Crippen LogP contribution is -2.26. The number of nitrogens with two attached hydrogens (primary N) is 1. The molecular weight excluding hydrogens is 254 g/mol. The van der Waals surface area contributed by atoms with Crippen molar-refractivity contribution in [2.45, 2.75) is 59.4 Å². The number of anilines is 1. The van der Waals surface area contributed by atoms with E-state index in [2.05, 4.69) is 18.8 Å². The van der Waals surface area contributed by atoms with Gasteiger partial charge in [-0.05, 0) is 38.5 Å². The fourth-order valence-corrected chi connectivity index (χ4v) is 3.25. The van der Waals surface area contributed by atoms with E-state index in [4.69, 9.17) is 10.5 Å². The maximum Gasteiger partial charge on any atom is 0.360 e. The highest BCUT2D eigenvalue weighted by Gasteiger charge is 2.32. The van der Waals surface area contributed by atoms with Crippen molar-refractivity contribution >= 4 is 11.8 Å². The number of rotatable bonds is 3. The normalized spacial score (nSPS) is 21.7. The summed E-state index contributed by atoms with van der Waals surface area (Å²) >= 11 is 0. The van der Waals surface area contributed by atoms with E-state index in [1.807, 2.05) is 11.5 Å². The summed E-state index contributed by atoms with van der Waals surface area (Å²) in [7, 11) is 0. The fraction of sp³-hybridized carbons (Fsp3) is 0.733. The van der Waals surface area contributed by atoms with Crippen LogP contribution in [0.2, 0.25) is 0 Å². The molecule has 1 unspecified atom stereocenters. The van der Waals surface area contributed by atoms with E-state index >= 15 is 0 Å². The van der Waals surface area contributed by atoms with Crippen molar-refractivity contribution in [3.8, 4) is 0 Å². The van der Waals surface area contributed by atoms with Gasteiger partial charge >= 0.3 is 5.97 Å². The standard InChI is InChI=1S/C15H25N3O2/c1-5-20-14(19)12-13(16)18(10(2)17-12)11-7-6-8-15(3,4)9-11/h11H,5-9,16H2,1-4H3. The van der Waals surface area contributed by atoms with Crippen LogP contribution in [0.5, 0.6) is 0 Å². The minimum absolute atomic E-state index is 0.257. The second-order valence-corrected chi connectivity index (χ2v) is 6.40. The van der Waals surface area contributed by atoms with Gasteiger partial charge in [0.05, 0.1) is 6.61 Å². The Kier molecular flexibility index (Phi) is 4.06. The first-order valence-electron chi connectivity index (χ1n) is 7.37. The molecule has 2 rings (SSSR count). The number of aromatic nitrogens is 2. The number of nitrogens with zero attached hydrogens (tertiary/aromatic N) is 2. The largest absolute Gasteiger partial charge is 0.461 e. The van der Waals surface area contributed by atoms with Crippen LogP contribution < -0.4 is 5.73 Å². The number of aryl methyl sites for hydroxylation is 1. The van der Waals surface area contributed by atoms with Gasteiger partial charge in [0.15, 0.2) is 5.69 Å². The number of hydrogen-bond donors (Lipinski definition) is 1. The molecule has 0 aliphatic heterocycles. The maximum atomic E-state index is 11.9. The Hall–Kier alpha value is -1.52. The SMILES string of the molecule is CCOC(=O)c1nc(C)n(C2CCCC(C)(C)C2)c1N. The van der Waals surface area contributed by atoms with Crippen LogP contribution >= 0.6 is 0 Å². The lowest BCUT2D eigenvalue weighted by molar-refractivity contribution is 0.0521. The van der Waals surface area contributed by atoms with Crippen molar-refractivity contribution < 1.29 is 9.53 Å². The number of carbonyl (C=O) groups excluding carboxylic acids is 1. The zero-order chi connectivity index (χ0) is 14.9. The molecule has 1 aliphatic rings. The second kappa shape index (κ2) is 5.46. The van der Waals surface area contributed by atoms with Crippen LogP contribution in [0, 0.1) is 12.3 Å². The fourth-order valence-electron chi connectivity index (χ4n) is 3.25. The molecule has 1 aliphatic carbocycles. The molecule has 0 amide bonds. The summed E-state index contributed by atoms with van der Waals surface area (Å²) in [5.41, 5.74) is 6.73. The summed E-state index contributed by atoms with van der Waals surface area (Å²) in [4.78, 5) is 16.2. The van der Waals surface area contributed by atoms with E-state index in [1.54, 1.807) is 6.92 Å². The van der Waals surface area contributed by atoms with Gasteiger partial charge in [-0.1, -0.05) is 20.3 Å². The topological polar surface area (TPSA) is 70.1 Å². The number of ether oxygens (including phenoxy) is 1. The van der Waals surface area contributed by atoms with Gasteiger partial charge in [0.2, 0.25) is 0 Å². The van der Waals surface area contributed by atoms with Crippen LogP contribution in [0.3, 0.4) is 0 Å². The van der Waals surface area contributed by atoms with Crippen molar-refractivity contribution in [1.29, 1.82) is 0 Å². The summed E-state index contributed by atoms with van der Waals surface area (Å²) in [6.07, 6.45) is 4.58. The van der Waals surface area contributed by atoms with Gasteiger partial charge in [-0.25, -0.2) is 9.78 Å². The third kappa shape index (κ3) is 2.81. The molecule has 112 valence electrons. The van der Waals surface area contributed by atoms with Crippen molar-refractivity contribution in [2.75, 3.05) is 12.3 Å². The molecule has 1 atom stereocenters. The average molecular weight is 279 g/mol. The van der Waals surface area contributed by atoms with E-state index in [0.29, 0.717) is 23.9 Å². The Morgan fingerprint density at radius 1 is 1.55 bits per heavy atom. The Morgan fingerprint density at radius 3 is 2.85 bits per heavy atom. The molecule has 0 radical (unpaired) electrons. The Morgan fingerprint density at radius 2 is 2.25 bits per heavy atom. The molecule has 0 bridgehead atoms. The molecule has 1 heterocycles. The summed E-state index contributed by atoms with van der Waals surface area (Å²) in [5.74, 6) is 0.818. The highest BCUT2D eigenvalue weighted by molar-refractivity contribution is 5.92. The van der Waals surface area contributed by atoms with Gasteiger partial charge in [0, 0.05) is 6.04 Å². The lowest BCUT2D eigenvalue weighted by Gasteiger charge is -2.36. The monoisotopic (exact) mass is 279 g/mol. The highest BCUT2D eigenvalue weighted by atomic mass is 16.5. The molecular formula is C15H25N3O2. The number of esters is 1. The van der Waals surface area contributed by atoms with E-state index in [-0.39, 0.29) is 5.69 Å². The number of nitrogen functional groups attached to an aromatic ring is 1. The van der Waals surface area contributed by atoms with Crippen LogP contribution in [0.15, 0.2) is 0 Å². The van der Waals surface area contributed by atoms with E-state index in [0.717, 1.165) is 18.7 Å². The molecule has 1 aromatic rings. The van der Waals surface area contributed by atoms with E-state index < -0.39 is 5.97 Å². The van der Waals surface area contributed by atoms with E-state index in [9.17, 15) is 4.79 Å². The summed E-state index contributed by atoms with van der Waals surface area (Å²) in [6.45, 7) is 8.59. The smallest absolute Gasteiger partial charge is 0.360 e. The predicted octanol–water partition coefficient (Wildman–Crippen LogP) is 3.09. The second-order valence-electron chi connectivity index (χ2n) is 6.40. The first-order valence-corrected chi connectivity index (χ1v) is 7.37. The van der Waals surface area contributed by atoms with Gasteiger partial charge in [-0.15, -0.1) is 0 Å². The zero-order valence-corrected chi connectivity index (χ0v) is 12.9. The van der Waals surface area contributed by atoms with Gasteiger partial charge < -0.3 is 15.0 Å². The number of hydrogen-bond acceptors (Lipinski definition) is 4. The third-order valence-electron chi connectivity index (χ3n) is 4.14. The average Bonchev–Trinajstić information content (AvgIpc) is 2.64. The van der Waals surface area contributed by atoms with Crippen molar-refractivity contribution in [3.05, 3.63) is 11.5 Å². The first kappa shape index (κ1) is 14.9. The maximum absolute atomic E-state index is 11.9. The molecule has 1 saturated carbocycles. The minimum atomic E-state index is -0.429. The van der Waals surface area contributed by atoms with Gasteiger partial charge in [-0.2, -0.15) is 0 Å². The summed E-state index contributed by atoms with van der Waals surface area (Å²) < 4.78 is 7.03. The minimum Gasteiger partial charge on any atom is -0.461 e. The first-order chi connectivity index (χ1) is 9.35. The Bertz CT molecular complexity index is 505. The molecule has 5 heteroatoms. The van der Waals surface area contributed by atoms with Crippen molar-refractivity contribution in [1.82, 2.24) is 9.55 Å². The highest BCUT2D eigenvalue weighted by Crippen LogP contribution is 2.42. The van der Waals surface area contributed by atoms with Crippen LogP contribution in [0.4, 0.5) is 5.82 Å². The molecule has 0 aromatic carbocycles. The van der Waals surface area contributed by atoms with Crippen LogP contribution in [-0.2, 0) is 4.74 Å². The molecule has 0 saturated heterocycles. The van der Waals surface area contributed by atoms with Crippen LogP contribution in [-0.4, -0.2) is 22.1 Å². The van der Waals surface area contributed by atoms with E-state index in [1.165, 1.54) is 12.8 Å². The van der Waals surface area contributed by atoms with Gasteiger partial charge in [0.25, 0.3) is 0 Å². The molecule has 5 nitrogen and oxygen atoms in total. The quantitative estimate of drug-likeness (QED) is 0.863. The van der Waals surface area contributed by atoms with Crippen LogP contribution in [0.25, 0.3) is 0 Å². The van der Waals surface area contributed by atoms with Crippen molar-refractivity contribution in [3.63, 3.8) is 0 Å². The Balaban J connectivity index is 2.30. The predicted molar refractivity (Wildman–Crippen MR) is 78.6 cm³/mol. The molecule has 1 aromatic heterocycles. The van der Waals surface area contributed by atoms with Crippen molar-refractivity contribution in [2.24, 2.45) is 5.41 Å². The third-order valence-corrected chi connectivity index (χ3v) is 4.14. The summed E-state index contributed by atoms with van der Waals surface area (Å²) in [5, 5.41) is 0. The van der Waals surface area contributed by atoms with Crippen LogP contribution in [0.1, 0.15) is 68.8 Å². The van der Waals surface area contributed by atoms with Gasteiger partial charge in [0.1, 0.15) is 11.6 Å². The molecule has 20 heavy (non-hydrogen) atoms. The Labute approximate surface area is 120 Å². The van der Waals surface area contributed by atoms with Gasteiger partial charge in [-0.3, -0.25) is 0 Å². The molecule has 1 fully saturated rings.